The van der Waals surface area contributed by atoms with E-state index in [1.54, 1.807) is 0 Å². The van der Waals surface area contributed by atoms with Crippen molar-refractivity contribution in [1.29, 1.82) is 0 Å². The fraction of sp³-hybridized carbons (Fsp3) is 0.500. The molecule has 0 radical (unpaired) electrons. The minimum atomic E-state index is 0.920. The molecule has 2 heterocycles. The third-order valence-corrected chi connectivity index (χ3v) is 2.29. The van der Waals surface area contributed by atoms with Crippen LogP contribution in [0.25, 0.3) is 5.57 Å². The van der Waals surface area contributed by atoms with Gasteiger partial charge in [0, 0.05) is 24.7 Å². The van der Waals surface area contributed by atoms with Crippen LogP contribution in [0, 0.1) is 6.92 Å². The van der Waals surface area contributed by atoms with E-state index in [1.807, 2.05) is 13.0 Å². The summed E-state index contributed by atoms with van der Waals surface area (Å²) in [7, 11) is 2.12. The van der Waals surface area contributed by atoms with Crippen molar-refractivity contribution in [2.45, 2.75) is 13.3 Å². The summed E-state index contributed by atoms with van der Waals surface area (Å²) in [5.74, 6) is 0.920. The van der Waals surface area contributed by atoms with Crippen molar-refractivity contribution in [1.82, 2.24) is 10.1 Å². The molecule has 3 heteroatoms. The molecule has 70 valence electrons. The van der Waals surface area contributed by atoms with Gasteiger partial charge in [0.05, 0.1) is 5.69 Å². The molecule has 0 N–H and O–H groups in total. The fourth-order valence-electron chi connectivity index (χ4n) is 1.59. The van der Waals surface area contributed by atoms with Crippen molar-refractivity contribution in [3.05, 3.63) is 23.6 Å². The highest BCUT2D eigenvalue weighted by atomic mass is 16.5. The number of hydrogen-bond acceptors (Lipinski definition) is 3. The Bertz CT molecular complexity index is 327. The van der Waals surface area contributed by atoms with Crippen LogP contribution in [0.1, 0.15) is 17.9 Å². The Hall–Kier alpha value is -1.09. The number of nitrogens with zero attached hydrogens (tertiary/aromatic N) is 2. The van der Waals surface area contributed by atoms with Crippen LogP contribution in [0.15, 0.2) is 16.7 Å². The first-order valence-corrected chi connectivity index (χ1v) is 4.57. The third kappa shape index (κ3) is 1.80. The molecule has 1 aliphatic rings. The first-order chi connectivity index (χ1) is 6.25. The van der Waals surface area contributed by atoms with Crippen LogP contribution >= 0.6 is 0 Å². The summed E-state index contributed by atoms with van der Waals surface area (Å²) >= 11 is 0. The van der Waals surface area contributed by atoms with Crippen LogP contribution in [-0.2, 0) is 0 Å². The van der Waals surface area contributed by atoms with Crippen LogP contribution in [0.3, 0.4) is 0 Å². The van der Waals surface area contributed by atoms with Gasteiger partial charge in [0.15, 0.2) is 5.76 Å². The van der Waals surface area contributed by atoms with Gasteiger partial charge in [0.25, 0.3) is 0 Å². The molecule has 0 saturated carbocycles. The number of hydrogen-bond donors (Lipinski definition) is 0. The van der Waals surface area contributed by atoms with Crippen LogP contribution in [-0.4, -0.2) is 30.2 Å². The van der Waals surface area contributed by atoms with Gasteiger partial charge in [-0.15, -0.1) is 0 Å². The molecule has 3 nitrogen and oxygen atoms in total. The minimum absolute atomic E-state index is 0.920. The van der Waals surface area contributed by atoms with E-state index in [0.717, 1.165) is 31.0 Å². The lowest BCUT2D eigenvalue weighted by molar-refractivity contribution is 0.358. The summed E-state index contributed by atoms with van der Waals surface area (Å²) in [4.78, 5) is 2.28. The summed E-state index contributed by atoms with van der Waals surface area (Å²) in [6, 6.07) is 1.99. The molecule has 0 aromatic carbocycles. The zero-order valence-corrected chi connectivity index (χ0v) is 8.08. The van der Waals surface area contributed by atoms with Crippen LogP contribution in [0.5, 0.6) is 0 Å². The summed E-state index contributed by atoms with van der Waals surface area (Å²) in [5, 5.41) is 3.88. The van der Waals surface area contributed by atoms with Gasteiger partial charge >= 0.3 is 0 Å². The van der Waals surface area contributed by atoms with Crippen molar-refractivity contribution in [2.75, 3.05) is 20.1 Å². The molecule has 1 aromatic rings. The minimum Gasteiger partial charge on any atom is -0.356 e. The van der Waals surface area contributed by atoms with Crippen LogP contribution in [0.4, 0.5) is 0 Å². The molecule has 13 heavy (non-hydrogen) atoms. The molecule has 0 aliphatic carbocycles. The number of aryl methyl sites for hydroxylation is 1. The van der Waals surface area contributed by atoms with E-state index in [1.165, 1.54) is 5.57 Å². The molecule has 2 rings (SSSR count). The first kappa shape index (κ1) is 8.51. The standard InChI is InChI=1S/C10H14N2O/c1-8-6-10(13-11-8)9-4-3-5-12(2)7-9/h4,6H,3,5,7H2,1-2H3. The van der Waals surface area contributed by atoms with Crippen molar-refractivity contribution in [3.63, 3.8) is 0 Å². The lowest BCUT2D eigenvalue weighted by Crippen LogP contribution is -2.24. The van der Waals surface area contributed by atoms with Gasteiger partial charge in [-0.3, -0.25) is 0 Å². The second kappa shape index (κ2) is 3.34. The van der Waals surface area contributed by atoms with Crippen molar-refractivity contribution in [2.24, 2.45) is 0 Å². The average molecular weight is 178 g/mol. The lowest BCUT2D eigenvalue weighted by atomic mass is 10.1. The highest BCUT2D eigenvalue weighted by Gasteiger charge is 2.13. The maximum atomic E-state index is 5.21. The summed E-state index contributed by atoms with van der Waals surface area (Å²) < 4.78 is 5.21. The second-order valence-corrected chi connectivity index (χ2v) is 3.59. The normalized spacial score (nSPS) is 18.8. The molecule has 0 amide bonds. The molecule has 0 unspecified atom stereocenters. The molecule has 1 aliphatic heterocycles. The van der Waals surface area contributed by atoms with Crippen molar-refractivity contribution >= 4 is 5.57 Å². The topological polar surface area (TPSA) is 29.3 Å². The van der Waals surface area contributed by atoms with Gasteiger partial charge in [0.2, 0.25) is 0 Å². The molecule has 1 aromatic heterocycles. The van der Waals surface area contributed by atoms with E-state index in [9.17, 15) is 0 Å². The van der Waals surface area contributed by atoms with Crippen molar-refractivity contribution < 1.29 is 4.52 Å². The highest BCUT2D eigenvalue weighted by molar-refractivity contribution is 5.63. The Morgan fingerprint density at radius 2 is 2.38 bits per heavy atom. The van der Waals surface area contributed by atoms with Crippen LogP contribution < -0.4 is 0 Å². The van der Waals surface area contributed by atoms with E-state index in [2.05, 4.69) is 23.2 Å². The Morgan fingerprint density at radius 1 is 1.54 bits per heavy atom. The van der Waals surface area contributed by atoms with Gasteiger partial charge in [-0.1, -0.05) is 11.2 Å². The molecule has 0 spiro atoms. The number of rotatable bonds is 1. The predicted octanol–water partition coefficient (Wildman–Crippen LogP) is 1.70. The molecule has 0 saturated heterocycles. The third-order valence-electron chi connectivity index (χ3n) is 2.29. The van der Waals surface area contributed by atoms with Gasteiger partial charge in [-0.25, -0.2) is 0 Å². The SMILES string of the molecule is Cc1cc(C2=CCCN(C)C2)on1. The quantitative estimate of drug-likeness (QED) is 0.655. The smallest absolute Gasteiger partial charge is 0.164 e. The Balaban J connectivity index is 2.21. The average Bonchev–Trinajstić information content (AvgIpc) is 2.52. The van der Waals surface area contributed by atoms with Crippen molar-refractivity contribution in [3.8, 4) is 0 Å². The maximum absolute atomic E-state index is 5.21. The summed E-state index contributed by atoms with van der Waals surface area (Å²) in [6.45, 7) is 4.05. The predicted molar refractivity (Wildman–Crippen MR) is 51.3 cm³/mol. The largest absolute Gasteiger partial charge is 0.356 e. The van der Waals surface area contributed by atoms with E-state index in [4.69, 9.17) is 4.52 Å². The number of likely N-dealkylation sites (N-methyl/N-ethyl adjacent to an activating group) is 1. The van der Waals surface area contributed by atoms with E-state index >= 15 is 0 Å². The molecule has 0 bridgehead atoms. The van der Waals surface area contributed by atoms with Gasteiger partial charge in [-0.05, 0) is 20.4 Å². The second-order valence-electron chi connectivity index (χ2n) is 3.59. The Morgan fingerprint density at radius 3 is 3.00 bits per heavy atom. The monoisotopic (exact) mass is 178 g/mol. The fourth-order valence-corrected chi connectivity index (χ4v) is 1.59. The molecule has 0 atom stereocenters. The molecule has 0 fully saturated rings. The highest BCUT2D eigenvalue weighted by Crippen LogP contribution is 2.20. The number of aromatic nitrogens is 1. The van der Waals surface area contributed by atoms with Crippen LogP contribution in [0.2, 0.25) is 0 Å². The van der Waals surface area contributed by atoms with Gasteiger partial charge in [-0.2, -0.15) is 0 Å². The molecular formula is C10H14N2O. The summed E-state index contributed by atoms with van der Waals surface area (Å²) in [5.41, 5.74) is 2.21. The zero-order valence-electron chi connectivity index (χ0n) is 8.08. The first-order valence-electron chi connectivity index (χ1n) is 4.57. The van der Waals surface area contributed by atoms with E-state index in [0.29, 0.717) is 0 Å². The summed E-state index contributed by atoms with van der Waals surface area (Å²) in [6.07, 6.45) is 3.34. The Kier molecular flexibility index (Phi) is 2.19. The van der Waals surface area contributed by atoms with E-state index in [-0.39, 0.29) is 0 Å². The lowest BCUT2D eigenvalue weighted by Gasteiger charge is -2.21. The van der Waals surface area contributed by atoms with E-state index < -0.39 is 0 Å². The van der Waals surface area contributed by atoms with Gasteiger partial charge < -0.3 is 9.42 Å². The molecular weight excluding hydrogens is 164 g/mol. The maximum Gasteiger partial charge on any atom is 0.164 e. The Labute approximate surface area is 78.0 Å². The zero-order chi connectivity index (χ0) is 9.26. The van der Waals surface area contributed by atoms with Gasteiger partial charge in [0.1, 0.15) is 0 Å².